The molecule has 1 heterocycles. The molecule has 2 rings (SSSR count). The molecule has 1 aliphatic carbocycles. The van der Waals surface area contributed by atoms with Crippen LogP contribution in [-0.4, -0.2) is 17.4 Å². The van der Waals surface area contributed by atoms with Gasteiger partial charge >= 0.3 is 0 Å². The van der Waals surface area contributed by atoms with Crippen LogP contribution in [0.15, 0.2) is 18.3 Å². The summed E-state index contributed by atoms with van der Waals surface area (Å²) >= 11 is 0. The van der Waals surface area contributed by atoms with Crippen molar-refractivity contribution in [1.29, 1.82) is 5.26 Å². The number of aromatic nitrogens is 1. The first-order valence-electron chi connectivity index (χ1n) is 6.45. The highest BCUT2D eigenvalue weighted by molar-refractivity contribution is 5.92. The number of nitriles is 1. The van der Waals surface area contributed by atoms with Crippen LogP contribution in [0.1, 0.15) is 43.7 Å². The Kier molecular flexibility index (Phi) is 3.09. The van der Waals surface area contributed by atoms with E-state index in [0.29, 0.717) is 23.7 Å². The Balaban J connectivity index is 1.94. The Bertz CT molecular complexity index is 524. The van der Waals surface area contributed by atoms with Crippen LogP contribution in [0.5, 0.6) is 0 Å². The van der Waals surface area contributed by atoms with Crippen LogP contribution in [0.4, 0.5) is 0 Å². The Morgan fingerprint density at radius 1 is 1.37 bits per heavy atom. The monoisotopic (exact) mass is 257 g/mol. The molecule has 1 saturated carbocycles. The minimum absolute atomic E-state index is 0.178. The maximum Gasteiger partial charge on any atom is 0.269 e. The van der Waals surface area contributed by atoms with Gasteiger partial charge in [0.1, 0.15) is 11.8 Å². The van der Waals surface area contributed by atoms with Gasteiger partial charge in [0.2, 0.25) is 0 Å². The molecule has 0 aromatic carbocycles. The summed E-state index contributed by atoms with van der Waals surface area (Å²) in [5, 5.41) is 11.6. The second kappa shape index (κ2) is 4.34. The molecule has 0 radical (unpaired) electrons. The van der Waals surface area contributed by atoms with Gasteiger partial charge in [0.25, 0.3) is 5.91 Å². The van der Waals surface area contributed by atoms with Gasteiger partial charge in [-0.3, -0.25) is 4.79 Å². The second-order valence-electron chi connectivity index (χ2n) is 6.25. The molecule has 0 saturated heterocycles. The third-order valence-electron chi connectivity index (χ3n) is 4.91. The summed E-state index contributed by atoms with van der Waals surface area (Å²) in [4.78, 5) is 15.9. The van der Waals surface area contributed by atoms with Crippen LogP contribution < -0.4 is 5.32 Å². The quantitative estimate of drug-likeness (QED) is 0.904. The molecule has 0 bridgehead atoms. The smallest absolute Gasteiger partial charge is 0.269 e. The predicted molar refractivity (Wildman–Crippen MR) is 72.3 cm³/mol. The first-order valence-corrected chi connectivity index (χ1v) is 6.45. The first-order chi connectivity index (χ1) is 8.80. The molecule has 1 N–H and O–H groups in total. The van der Waals surface area contributed by atoms with Crippen molar-refractivity contribution >= 4 is 5.91 Å². The van der Waals surface area contributed by atoms with E-state index in [0.717, 1.165) is 0 Å². The minimum atomic E-state index is -0.178. The van der Waals surface area contributed by atoms with E-state index in [1.807, 2.05) is 6.07 Å². The molecule has 1 aromatic rings. The first kappa shape index (κ1) is 13.5. The molecule has 1 aromatic heterocycles. The van der Waals surface area contributed by atoms with Crippen molar-refractivity contribution in [2.75, 3.05) is 6.54 Å². The minimum Gasteiger partial charge on any atom is -0.350 e. The average Bonchev–Trinajstić information content (AvgIpc) is 2.77. The largest absolute Gasteiger partial charge is 0.350 e. The Morgan fingerprint density at radius 2 is 2.00 bits per heavy atom. The van der Waals surface area contributed by atoms with Crippen LogP contribution in [0.2, 0.25) is 0 Å². The summed E-state index contributed by atoms with van der Waals surface area (Å²) in [5.74, 6) is 0.310. The Labute approximate surface area is 113 Å². The molecule has 19 heavy (non-hydrogen) atoms. The van der Waals surface area contributed by atoms with Gasteiger partial charge in [0.05, 0.1) is 5.56 Å². The van der Waals surface area contributed by atoms with Crippen molar-refractivity contribution in [2.24, 2.45) is 16.7 Å². The fourth-order valence-electron chi connectivity index (χ4n) is 2.72. The second-order valence-corrected chi connectivity index (χ2v) is 6.25. The van der Waals surface area contributed by atoms with Crippen molar-refractivity contribution in [3.8, 4) is 6.07 Å². The number of pyridine rings is 1. The molecule has 0 aliphatic heterocycles. The van der Waals surface area contributed by atoms with E-state index in [1.54, 1.807) is 12.1 Å². The standard InChI is InChI=1S/C15H19N3O/c1-14(2)12(15(14,3)4)9-18-13(19)11-6-5-10(7-16)8-17-11/h5-6,8,12H,9H2,1-4H3,(H,18,19). The van der Waals surface area contributed by atoms with Gasteiger partial charge in [-0.1, -0.05) is 27.7 Å². The summed E-state index contributed by atoms with van der Waals surface area (Å²) < 4.78 is 0. The van der Waals surface area contributed by atoms with Gasteiger partial charge in [0, 0.05) is 12.7 Å². The van der Waals surface area contributed by atoms with Gasteiger partial charge in [-0.05, 0) is 28.9 Å². The van der Waals surface area contributed by atoms with Crippen molar-refractivity contribution < 1.29 is 4.79 Å². The van der Waals surface area contributed by atoms with Gasteiger partial charge in [-0.2, -0.15) is 5.26 Å². The SMILES string of the molecule is CC1(C)C(CNC(=O)c2ccc(C#N)cn2)C1(C)C. The third-order valence-corrected chi connectivity index (χ3v) is 4.91. The van der Waals surface area contributed by atoms with E-state index in [9.17, 15) is 4.79 Å². The molecule has 100 valence electrons. The van der Waals surface area contributed by atoms with Crippen LogP contribution in [0.25, 0.3) is 0 Å². The Morgan fingerprint density at radius 3 is 2.42 bits per heavy atom. The molecule has 0 atom stereocenters. The maximum absolute atomic E-state index is 11.9. The highest BCUT2D eigenvalue weighted by Crippen LogP contribution is 2.67. The van der Waals surface area contributed by atoms with Crippen LogP contribution >= 0.6 is 0 Å². The van der Waals surface area contributed by atoms with E-state index < -0.39 is 0 Å². The summed E-state index contributed by atoms with van der Waals surface area (Å²) in [5.41, 5.74) is 1.34. The molecular formula is C15H19N3O. The third kappa shape index (κ3) is 2.21. The summed E-state index contributed by atoms with van der Waals surface area (Å²) in [6.45, 7) is 9.57. The molecule has 4 heteroatoms. The Hall–Kier alpha value is -1.89. The van der Waals surface area contributed by atoms with Crippen molar-refractivity contribution in [3.63, 3.8) is 0 Å². The van der Waals surface area contributed by atoms with E-state index in [1.165, 1.54) is 6.20 Å². The highest BCUT2D eigenvalue weighted by Gasteiger charge is 2.64. The lowest BCUT2D eigenvalue weighted by Crippen LogP contribution is -2.27. The van der Waals surface area contributed by atoms with E-state index in [-0.39, 0.29) is 16.7 Å². The maximum atomic E-state index is 11.9. The van der Waals surface area contributed by atoms with Gasteiger partial charge in [-0.15, -0.1) is 0 Å². The lowest BCUT2D eigenvalue weighted by molar-refractivity contribution is 0.0945. The molecule has 0 spiro atoms. The van der Waals surface area contributed by atoms with E-state index in [4.69, 9.17) is 5.26 Å². The van der Waals surface area contributed by atoms with Gasteiger partial charge < -0.3 is 5.32 Å². The fraction of sp³-hybridized carbons (Fsp3) is 0.533. The number of nitrogens with one attached hydrogen (secondary N) is 1. The normalized spacial score (nSPS) is 19.5. The lowest BCUT2D eigenvalue weighted by Gasteiger charge is -2.05. The van der Waals surface area contributed by atoms with Crippen LogP contribution in [0.3, 0.4) is 0 Å². The van der Waals surface area contributed by atoms with Crippen LogP contribution in [0, 0.1) is 28.1 Å². The summed E-state index contributed by atoms with van der Waals surface area (Å²) in [6, 6.07) is 5.17. The van der Waals surface area contributed by atoms with Crippen molar-refractivity contribution in [2.45, 2.75) is 27.7 Å². The predicted octanol–water partition coefficient (Wildman–Crippen LogP) is 2.37. The topological polar surface area (TPSA) is 65.8 Å². The van der Waals surface area contributed by atoms with Gasteiger partial charge in [-0.25, -0.2) is 4.98 Å². The van der Waals surface area contributed by atoms with E-state index >= 15 is 0 Å². The van der Waals surface area contributed by atoms with Gasteiger partial charge in [0.15, 0.2) is 0 Å². The summed E-state index contributed by atoms with van der Waals surface area (Å²) in [7, 11) is 0. The molecular weight excluding hydrogens is 238 g/mol. The molecule has 1 fully saturated rings. The summed E-state index contributed by atoms with van der Waals surface area (Å²) in [6.07, 6.45) is 1.42. The number of carbonyl (C=O) groups is 1. The lowest BCUT2D eigenvalue weighted by atomic mass is 10.0. The molecule has 1 amide bonds. The molecule has 0 unspecified atom stereocenters. The number of amides is 1. The zero-order valence-corrected chi connectivity index (χ0v) is 11.8. The zero-order valence-electron chi connectivity index (χ0n) is 11.8. The zero-order chi connectivity index (χ0) is 14.3. The van der Waals surface area contributed by atoms with Crippen molar-refractivity contribution in [1.82, 2.24) is 10.3 Å². The van der Waals surface area contributed by atoms with E-state index in [2.05, 4.69) is 38.0 Å². The number of carbonyl (C=O) groups excluding carboxylic acids is 1. The number of hydrogen-bond donors (Lipinski definition) is 1. The number of rotatable bonds is 3. The number of nitrogens with zero attached hydrogens (tertiary/aromatic N) is 2. The average molecular weight is 257 g/mol. The van der Waals surface area contributed by atoms with Crippen LogP contribution in [-0.2, 0) is 0 Å². The molecule has 4 nitrogen and oxygen atoms in total. The number of hydrogen-bond acceptors (Lipinski definition) is 3. The highest BCUT2D eigenvalue weighted by atomic mass is 16.1. The fourth-order valence-corrected chi connectivity index (χ4v) is 2.72. The molecule has 1 aliphatic rings. The van der Waals surface area contributed by atoms with Crippen molar-refractivity contribution in [3.05, 3.63) is 29.6 Å².